The normalized spacial score (nSPS) is 20.3. The SMILES string of the molecule is CCC1Cc2ncc(CN3CCN(c4ccc(C)nc4)CC3)cc2NC1=O. The molecule has 0 aromatic carbocycles. The molecule has 6 nitrogen and oxygen atoms in total. The lowest BCUT2D eigenvalue weighted by Crippen LogP contribution is -2.46. The molecule has 27 heavy (non-hydrogen) atoms. The third-order valence-corrected chi connectivity index (χ3v) is 5.63. The van der Waals surface area contributed by atoms with Crippen molar-refractivity contribution >= 4 is 17.3 Å². The Morgan fingerprint density at radius 2 is 1.96 bits per heavy atom. The second-order valence-corrected chi connectivity index (χ2v) is 7.56. The Bertz CT molecular complexity index is 812. The Balaban J connectivity index is 1.36. The summed E-state index contributed by atoms with van der Waals surface area (Å²) in [6.07, 6.45) is 5.54. The van der Waals surface area contributed by atoms with E-state index < -0.39 is 0 Å². The lowest BCUT2D eigenvalue weighted by molar-refractivity contribution is -0.120. The van der Waals surface area contributed by atoms with Crippen molar-refractivity contribution in [2.45, 2.75) is 33.2 Å². The highest BCUT2D eigenvalue weighted by molar-refractivity contribution is 5.95. The maximum absolute atomic E-state index is 12.1. The van der Waals surface area contributed by atoms with Crippen molar-refractivity contribution in [2.24, 2.45) is 5.92 Å². The van der Waals surface area contributed by atoms with E-state index >= 15 is 0 Å². The van der Waals surface area contributed by atoms with Gasteiger partial charge in [-0.2, -0.15) is 0 Å². The van der Waals surface area contributed by atoms with E-state index in [1.165, 1.54) is 5.69 Å². The molecule has 1 amide bonds. The largest absolute Gasteiger partial charge is 0.368 e. The van der Waals surface area contributed by atoms with Crippen molar-refractivity contribution in [3.8, 4) is 0 Å². The van der Waals surface area contributed by atoms with Gasteiger partial charge in [-0.15, -0.1) is 0 Å². The molecule has 2 aliphatic heterocycles. The highest BCUT2D eigenvalue weighted by atomic mass is 16.1. The average molecular weight is 365 g/mol. The Labute approximate surface area is 160 Å². The zero-order valence-corrected chi connectivity index (χ0v) is 16.1. The van der Waals surface area contributed by atoms with Crippen LogP contribution < -0.4 is 10.2 Å². The number of carbonyl (C=O) groups is 1. The highest BCUT2D eigenvalue weighted by Crippen LogP contribution is 2.27. The van der Waals surface area contributed by atoms with Crippen LogP contribution in [-0.4, -0.2) is 47.0 Å². The fourth-order valence-corrected chi connectivity index (χ4v) is 3.85. The van der Waals surface area contributed by atoms with Crippen molar-refractivity contribution < 1.29 is 4.79 Å². The minimum Gasteiger partial charge on any atom is -0.368 e. The maximum atomic E-state index is 12.1. The van der Waals surface area contributed by atoms with Crippen LogP contribution in [0.4, 0.5) is 11.4 Å². The summed E-state index contributed by atoms with van der Waals surface area (Å²) >= 11 is 0. The van der Waals surface area contributed by atoms with Gasteiger partial charge in [-0.1, -0.05) is 6.92 Å². The molecular weight excluding hydrogens is 338 g/mol. The number of amides is 1. The first-order valence-electron chi connectivity index (χ1n) is 9.81. The number of aromatic nitrogens is 2. The van der Waals surface area contributed by atoms with E-state index in [0.717, 1.165) is 68.2 Å². The van der Waals surface area contributed by atoms with Crippen molar-refractivity contribution in [3.05, 3.63) is 47.5 Å². The molecule has 4 rings (SSSR count). The number of nitrogens with zero attached hydrogens (tertiary/aromatic N) is 4. The number of piperazine rings is 1. The van der Waals surface area contributed by atoms with Gasteiger partial charge in [-0.05, 0) is 37.1 Å². The van der Waals surface area contributed by atoms with Gasteiger partial charge < -0.3 is 10.2 Å². The number of fused-ring (bicyclic) bond motifs is 1. The smallest absolute Gasteiger partial charge is 0.227 e. The minimum absolute atomic E-state index is 0.0557. The summed E-state index contributed by atoms with van der Waals surface area (Å²) in [5.74, 6) is 0.185. The lowest BCUT2D eigenvalue weighted by Gasteiger charge is -2.36. The molecule has 2 aliphatic rings. The summed E-state index contributed by atoms with van der Waals surface area (Å²) < 4.78 is 0. The standard InChI is InChI=1S/C21H27N5O/c1-3-17-11-19-20(24-21(17)27)10-16(12-23-19)14-25-6-8-26(9-7-25)18-5-4-15(2)22-13-18/h4-5,10,12-13,17H,3,6-9,11,14H2,1-2H3,(H,24,27). The van der Waals surface area contributed by atoms with Crippen molar-refractivity contribution in [2.75, 3.05) is 36.4 Å². The Morgan fingerprint density at radius 3 is 2.67 bits per heavy atom. The molecule has 0 radical (unpaired) electrons. The molecular formula is C21H27N5O. The first kappa shape index (κ1) is 17.9. The third kappa shape index (κ3) is 3.95. The van der Waals surface area contributed by atoms with E-state index in [1.54, 1.807) is 0 Å². The summed E-state index contributed by atoms with van der Waals surface area (Å²) in [6, 6.07) is 6.32. The second-order valence-electron chi connectivity index (χ2n) is 7.56. The molecule has 0 saturated carbocycles. The summed E-state index contributed by atoms with van der Waals surface area (Å²) in [6.45, 7) is 8.95. The number of pyridine rings is 2. The van der Waals surface area contributed by atoms with Gasteiger partial charge in [0.2, 0.25) is 5.91 Å². The molecule has 1 N–H and O–H groups in total. The van der Waals surface area contributed by atoms with Crippen LogP contribution in [0.25, 0.3) is 0 Å². The molecule has 0 bridgehead atoms. The summed E-state index contributed by atoms with van der Waals surface area (Å²) in [7, 11) is 0. The first-order valence-corrected chi connectivity index (χ1v) is 9.81. The highest BCUT2D eigenvalue weighted by Gasteiger charge is 2.26. The number of rotatable bonds is 4. The molecule has 1 unspecified atom stereocenters. The predicted octanol–water partition coefficient (Wildman–Crippen LogP) is 2.63. The Hall–Kier alpha value is -2.47. The predicted molar refractivity (Wildman–Crippen MR) is 107 cm³/mol. The molecule has 2 aromatic rings. The van der Waals surface area contributed by atoms with Gasteiger partial charge in [-0.25, -0.2) is 0 Å². The van der Waals surface area contributed by atoms with E-state index in [4.69, 9.17) is 0 Å². The molecule has 1 fully saturated rings. The number of nitrogens with one attached hydrogen (secondary N) is 1. The zero-order valence-electron chi connectivity index (χ0n) is 16.1. The van der Waals surface area contributed by atoms with Crippen molar-refractivity contribution in [1.82, 2.24) is 14.9 Å². The molecule has 4 heterocycles. The fourth-order valence-electron chi connectivity index (χ4n) is 3.85. The number of carbonyl (C=O) groups excluding carboxylic acids is 1. The Kier molecular flexibility index (Phi) is 5.07. The second kappa shape index (κ2) is 7.64. The van der Waals surface area contributed by atoms with Gasteiger partial charge in [0.1, 0.15) is 0 Å². The van der Waals surface area contributed by atoms with Crippen LogP contribution in [0.2, 0.25) is 0 Å². The van der Waals surface area contributed by atoms with Crippen molar-refractivity contribution in [3.63, 3.8) is 0 Å². The molecule has 142 valence electrons. The molecule has 1 saturated heterocycles. The average Bonchev–Trinajstić information content (AvgIpc) is 2.69. The number of hydrogen-bond donors (Lipinski definition) is 1. The fraction of sp³-hybridized carbons (Fsp3) is 0.476. The van der Waals surface area contributed by atoms with E-state index in [0.29, 0.717) is 0 Å². The van der Waals surface area contributed by atoms with E-state index in [1.807, 2.05) is 19.3 Å². The van der Waals surface area contributed by atoms with E-state index in [-0.39, 0.29) is 11.8 Å². The van der Waals surface area contributed by atoms with Crippen LogP contribution in [0.15, 0.2) is 30.6 Å². The van der Waals surface area contributed by atoms with E-state index in [2.05, 4.69) is 50.2 Å². The minimum atomic E-state index is 0.0557. The quantitative estimate of drug-likeness (QED) is 0.902. The van der Waals surface area contributed by atoms with Gasteiger partial charge in [0.15, 0.2) is 0 Å². The van der Waals surface area contributed by atoms with Crippen LogP contribution in [-0.2, 0) is 17.8 Å². The van der Waals surface area contributed by atoms with Gasteiger partial charge >= 0.3 is 0 Å². The van der Waals surface area contributed by atoms with Gasteiger partial charge in [-0.3, -0.25) is 19.7 Å². The number of hydrogen-bond acceptors (Lipinski definition) is 5. The van der Waals surface area contributed by atoms with Crippen molar-refractivity contribution in [1.29, 1.82) is 0 Å². The van der Waals surface area contributed by atoms with E-state index in [9.17, 15) is 4.79 Å². The Morgan fingerprint density at radius 1 is 1.15 bits per heavy atom. The molecule has 2 aromatic heterocycles. The molecule has 0 aliphatic carbocycles. The zero-order chi connectivity index (χ0) is 18.8. The first-order chi connectivity index (χ1) is 13.1. The van der Waals surface area contributed by atoms with Crippen LogP contribution in [0, 0.1) is 12.8 Å². The maximum Gasteiger partial charge on any atom is 0.227 e. The van der Waals surface area contributed by atoms with Crippen LogP contribution in [0.5, 0.6) is 0 Å². The van der Waals surface area contributed by atoms with Crippen LogP contribution in [0.3, 0.4) is 0 Å². The molecule has 1 atom stereocenters. The van der Waals surface area contributed by atoms with Gasteiger partial charge in [0.05, 0.1) is 23.3 Å². The van der Waals surface area contributed by atoms with Gasteiger partial charge in [0, 0.05) is 57.0 Å². The summed E-state index contributed by atoms with van der Waals surface area (Å²) in [5, 5.41) is 3.04. The third-order valence-electron chi connectivity index (χ3n) is 5.63. The van der Waals surface area contributed by atoms with Gasteiger partial charge in [0.25, 0.3) is 0 Å². The summed E-state index contributed by atoms with van der Waals surface area (Å²) in [5.41, 5.74) is 5.32. The van der Waals surface area contributed by atoms with Crippen LogP contribution in [0.1, 0.15) is 30.3 Å². The summed E-state index contributed by atoms with van der Waals surface area (Å²) in [4.78, 5) is 26.0. The lowest BCUT2D eigenvalue weighted by atomic mass is 9.94. The molecule has 6 heteroatoms. The monoisotopic (exact) mass is 365 g/mol. The van der Waals surface area contributed by atoms with Crippen LogP contribution >= 0.6 is 0 Å². The molecule has 0 spiro atoms. The number of anilines is 2. The number of aryl methyl sites for hydroxylation is 1. The topological polar surface area (TPSA) is 61.4 Å².